The van der Waals surface area contributed by atoms with Gasteiger partial charge in [-0.2, -0.15) is 0 Å². The maximum Gasteiger partial charge on any atom is 0.143 e. The van der Waals surface area contributed by atoms with Crippen molar-refractivity contribution >= 4 is 76.3 Å². The first-order valence-electron chi connectivity index (χ1n) is 16.8. The Hall–Kier alpha value is -6.58. The lowest BCUT2D eigenvalue weighted by Gasteiger charge is -2.11. The first-order chi connectivity index (χ1) is 24.3. The normalized spacial score (nSPS) is 12.1. The van der Waals surface area contributed by atoms with Gasteiger partial charge in [-0.15, -0.1) is 0 Å². The van der Waals surface area contributed by atoms with Gasteiger partial charge in [-0.3, -0.25) is 0 Å². The van der Waals surface area contributed by atoms with Crippen molar-refractivity contribution in [3.8, 4) is 22.5 Å². The number of nitrogens with zero attached hydrogens (tertiary/aromatic N) is 2. The molecule has 0 spiro atoms. The van der Waals surface area contributed by atoms with Gasteiger partial charge in [0.05, 0.1) is 22.1 Å². The number of fused-ring (bicyclic) bond motifs is 11. The van der Waals surface area contributed by atoms with E-state index in [9.17, 15) is 0 Å². The number of benzene rings is 8. The minimum absolute atomic E-state index is 0.919. The molecule has 3 aromatic heterocycles. The van der Waals surface area contributed by atoms with Gasteiger partial charge in [0.25, 0.3) is 0 Å². The number of hydrogen-bond donors (Lipinski definition) is 0. The Bertz CT molecular complexity index is 3090. The fourth-order valence-corrected chi connectivity index (χ4v) is 8.13. The summed E-state index contributed by atoms with van der Waals surface area (Å²) in [4.78, 5) is 0. The second kappa shape index (κ2) is 9.96. The molecule has 0 amide bonds. The van der Waals surface area contributed by atoms with Gasteiger partial charge in [0.1, 0.15) is 11.2 Å². The molecular weight excluding hydrogens is 597 g/mol. The van der Waals surface area contributed by atoms with E-state index in [1.165, 1.54) is 54.4 Å². The Morgan fingerprint density at radius 1 is 0.388 bits per heavy atom. The van der Waals surface area contributed by atoms with Crippen LogP contribution < -0.4 is 0 Å². The lowest BCUT2D eigenvalue weighted by molar-refractivity contribution is 0.670. The molecule has 0 atom stereocenters. The first-order valence-corrected chi connectivity index (χ1v) is 16.8. The number of furan rings is 1. The van der Waals surface area contributed by atoms with E-state index in [0.29, 0.717) is 0 Å². The first kappa shape index (κ1) is 26.5. The highest BCUT2D eigenvalue weighted by Crippen LogP contribution is 2.43. The summed E-state index contributed by atoms with van der Waals surface area (Å²) in [6, 6.07) is 61.2. The van der Waals surface area contributed by atoms with Gasteiger partial charge in [0, 0.05) is 49.3 Å². The highest BCUT2D eigenvalue weighted by Gasteiger charge is 2.21. The minimum Gasteiger partial charge on any atom is -0.455 e. The molecule has 0 N–H and O–H groups in total. The third kappa shape index (κ3) is 3.73. The third-order valence-corrected chi connectivity index (χ3v) is 10.3. The molecule has 0 aliphatic heterocycles. The summed E-state index contributed by atoms with van der Waals surface area (Å²) in [6.07, 6.45) is 0. The Morgan fingerprint density at radius 2 is 1.04 bits per heavy atom. The van der Waals surface area contributed by atoms with Gasteiger partial charge >= 0.3 is 0 Å². The fraction of sp³-hybridized carbons (Fsp3) is 0. The van der Waals surface area contributed by atoms with Crippen molar-refractivity contribution in [1.29, 1.82) is 0 Å². The van der Waals surface area contributed by atoms with Crippen LogP contribution in [-0.2, 0) is 0 Å². The second-order valence-corrected chi connectivity index (χ2v) is 12.9. The lowest BCUT2D eigenvalue weighted by Crippen LogP contribution is -1.95. The van der Waals surface area contributed by atoms with Gasteiger partial charge in [-0.05, 0) is 70.9 Å². The van der Waals surface area contributed by atoms with E-state index in [-0.39, 0.29) is 0 Å². The highest BCUT2D eigenvalue weighted by atomic mass is 16.3. The van der Waals surface area contributed by atoms with Crippen molar-refractivity contribution in [2.75, 3.05) is 0 Å². The monoisotopic (exact) mass is 624 g/mol. The van der Waals surface area contributed by atoms with Crippen molar-refractivity contribution in [3.63, 3.8) is 0 Å². The second-order valence-electron chi connectivity index (χ2n) is 12.9. The standard InChI is InChI=1S/C46H28N2O/c1-2-13-32(14-3-1)48-40-19-8-6-15-35(40)36-25-26-42-44(45(36)48)38-16-7-9-20-41(38)47(42)33-23-21-29(22-24-33)34-17-10-18-37-39-27-30-11-4-5-12-31(30)28-43(39)49-46(34)37/h1-28H. The van der Waals surface area contributed by atoms with Crippen LogP contribution in [0.15, 0.2) is 174 Å². The van der Waals surface area contributed by atoms with E-state index in [0.717, 1.165) is 44.4 Å². The molecule has 0 aliphatic carbocycles. The van der Waals surface area contributed by atoms with E-state index < -0.39 is 0 Å². The molecule has 0 fully saturated rings. The lowest BCUT2D eigenvalue weighted by atomic mass is 10.0. The summed E-state index contributed by atoms with van der Waals surface area (Å²) in [7, 11) is 0. The minimum atomic E-state index is 0.919. The van der Waals surface area contributed by atoms with E-state index in [1.807, 2.05) is 0 Å². The Balaban J connectivity index is 1.13. The molecule has 11 rings (SSSR count). The summed E-state index contributed by atoms with van der Waals surface area (Å²) in [5.41, 5.74) is 11.2. The van der Waals surface area contributed by atoms with Gasteiger partial charge in [0.15, 0.2) is 0 Å². The van der Waals surface area contributed by atoms with Crippen LogP contribution in [0.1, 0.15) is 0 Å². The highest BCUT2D eigenvalue weighted by molar-refractivity contribution is 6.26. The quantitative estimate of drug-likeness (QED) is 0.192. The Kier molecular flexibility index (Phi) is 5.38. The molecule has 0 bridgehead atoms. The van der Waals surface area contributed by atoms with E-state index in [4.69, 9.17) is 4.42 Å². The van der Waals surface area contributed by atoms with Crippen LogP contribution in [0.3, 0.4) is 0 Å². The largest absolute Gasteiger partial charge is 0.455 e. The number of aromatic nitrogens is 2. The van der Waals surface area contributed by atoms with E-state index >= 15 is 0 Å². The van der Waals surface area contributed by atoms with Crippen LogP contribution in [0.5, 0.6) is 0 Å². The zero-order chi connectivity index (χ0) is 32.1. The Morgan fingerprint density at radius 3 is 1.86 bits per heavy atom. The summed E-state index contributed by atoms with van der Waals surface area (Å²) in [6.45, 7) is 0. The van der Waals surface area contributed by atoms with Crippen LogP contribution >= 0.6 is 0 Å². The molecule has 0 unspecified atom stereocenters. The van der Waals surface area contributed by atoms with Crippen molar-refractivity contribution in [3.05, 3.63) is 170 Å². The zero-order valence-corrected chi connectivity index (χ0v) is 26.5. The molecule has 8 aromatic carbocycles. The van der Waals surface area contributed by atoms with E-state index in [2.05, 4.69) is 179 Å². The average molecular weight is 625 g/mol. The maximum atomic E-state index is 6.57. The van der Waals surface area contributed by atoms with Gasteiger partial charge in [-0.25, -0.2) is 0 Å². The van der Waals surface area contributed by atoms with Crippen molar-refractivity contribution in [1.82, 2.24) is 9.13 Å². The number of hydrogen-bond acceptors (Lipinski definition) is 1. The summed E-state index contributed by atoms with van der Waals surface area (Å²) in [5, 5.41) is 9.73. The molecule has 3 nitrogen and oxygen atoms in total. The molecule has 49 heavy (non-hydrogen) atoms. The SMILES string of the molecule is c1ccc(-n2c3ccccc3c3ccc4c(c5ccccc5n4-c4ccc(-c5cccc6c5oc5cc7ccccc7cc56)cc4)c32)cc1. The van der Waals surface area contributed by atoms with Gasteiger partial charge in [-0.1, -0.05) is 115 Å². The summed E-state index contributed by atoms with van der Waals surface area (Å²) < 4.78 is 11.4. The molecule has 0 saturated carbocycles. The average Bonchev–Trinajstić information content (AvgIpc) is 3.81. The molecule has 3 heterocycles. The van der Waals surface area contributed by atoms with Crippen molar-refractivity contribution < 1.29 is 4.42 Å². The van der Waals surface area contributed by atoms with Crippen LogP contribution in [0.25, 0.3) is 98.8 Å². The number of rotatable bonds is 3. The molecule has 3 heteroatoms. The smallest absolute Gasteiger partial charge is 0.143 e. The summed E-state index contributed by atoms with van der Waals surface area (Å²) >= 11 is 0. The molecule has 0 saturated heterocycles. The van der Waals surface area contributed by atoms with Crippen LogP contribution in [0.2, 0.25) is 0 Å². The van der Waals surface area contributed by atoms with Gasteiger partial charge in [0.2, 0.25) is 0 Å². The van der Waals surface area contributed by atoms with Crippen LogP contribution in [-0.4, -0.2) is 9.13 Å². The van der Waals surface area contributed by atoms with Gasteiger partial charge < -0.3 is 13.6 Å². The third-order valence-electron chi connectivity index (χ3n) is 10.3. The fourth-order valence-electron chi connectivity index (χ4n) is 8.13. The van der Waals surface area contributed by atoms with Crippen molar-refractivity contribution in [2.24, 2.45) is 0 Å². The predicted octanol–water partition coefficient (Wildman–Crippen LogP) is 12.6. The molecular formula is C46H28N2O. The number of para-hydroxylation sites is 4. The predicted molar refractivity (Wildman–Crippen MR) is 205 cm³/mol. The topological polar surface area (TPSA) is 23.0 Å². The van der Waals surface area contributed by atoms with Crippen molar-refractivity contribution in [2.45, 2.75) is 0 Å². The van der Waals surface area contributed by atoms with E-state index in [1.54, 1.807) is 0 Å². The summed E-state index contributed by atoms with van der Waals surface area (Å²) in [5.74, 6) is 0. The van der Waals surface area contributed by atoms with Crippen LogP contribution in [0.4, 0.5) is 0 Å². The van der Waals surface area contributed by atoms with Crippen LogP contribution in [0, 0.1) is 0 Å². The molecule has 228 valence electrons. The zero-order valence-electron chi connectivity index (χ0n) is 26.5. The molecule has 11 aromatic rings. The molecule has 0 radical (unpaired) electrons. The molecule has 0 aliphatic rings. The maximum absolute atomic E-state index is 6.57. The Labute approximate surface area is 281 Å².